The number of ether oxygens (including phenoxy) is 3. The summed E-state index contributed by atoms with van der Waals surface area (Å²) in [5, 5.41) is 0.794. The quantitative estimate of drug-likeness (QED) is 0.383. The summed E-state index contributed by atoms with van der Waals surface area (Å²) >= 11 is 0. The van der Waals surface area contributed by atoms with E-state index in [1.54, 1.807) is 13.0 Å². The van der Waals surface area contributed by atoms with Crippen LogP contribution >= 0.6 is 0 Å². The zero-order valence-corrected chi connectivity index (χ0v) is 19.9. The summed E-state index contributed by atoms with van der Waals surface area (Å²) in [6.07, 6.45) is 1.52. The van der Waals surface area contributed by atoms with E-state index in [4.69, 9.17) is 14.2 Å². The highest BCUT2D eigenvalue weighted by Crippen LogP contribution is 2.27. The molecule has 0 bridgehead atoms. The van der Waals surface area contributed by atoms with E-state index in [9.17, 15) is 19.2 Å². The lowest BCUT2D eigenvalue weighted by molar-refractivity contribution is 0.0455. The standard InChI is InChI=1S/C27H24N2O7/c1-15-18-7-3-4-8-21(18)28-22(23(15)27(33)34-2)14-36-26(32)16-9-10-19-20(12-16)25(31)29(24(19)30)13-17-6-5-11-35-17/h3-4,7-10,12,17H,5-6,11,13-14H2,1-2H3/t17-/m0/s1. The number of carbonyl (C=O) groups is 4. The molecule has 184 valence electrons. The maximum Gasteiger partial charge on any atom is 0.340 e. The Hall–Kier alpha value is -4.11. The number of para-hydroxylation sites is 1. The molecule has 3 aromatic rings. The zero-order valence-electron chi connectivity index (χ0n) is 19.9. The molecule has 1 fully saturated rings. The van der Waals surface area contributed by atoms with E-state index >= 15 is 0 Å². The van der Waals surface area contributed by atoms with Gasteiger partial charge in [-0.3, -0.25) is 14.5 Å². The van der Waals surface area contributed by atoms with Crippen LogP contribution in [0.2, 0.25) is 0 Å². The Morgan fingerprint density at radius 3 is 2.61 bits per heavy atom. The number of amides is 2. The summed E-state index contributed by atoms with van der Waals surface area (Å²) in [5.41, 5.74) is 2.35. The lowest BCUT2D eigenvalue weighted by atomic mass is 10.0. The first kappa shape index (κ1) is 23.6. The highest BCUT2D eigenvalue weighted by atomic mass is 16.5. The number of fused-ring (bicyclic) bond motifs is 2. The number of esters is 2. The molecule has 1 saturated heterocycles. The van der Waals surface area contributed by atoms with Crippen molar-refractivity contribution in [3.8, 4) is 0 Å². The van der Waals surface area contributed by atoms with Gasteiger partial charge in [0.25, 0.3) is 11.8 Å². The molecule has 1 atom stereocenters. The molecule has 0 N–H and O–H groups in total. The van der Waals surface area contributed by atoms with Crippen LogP contribution in [0.25, 0.3) is 10.9 Å². The fourth-order valence-electron chi connectivity index (χ4n) is 4.71. The van der Waals surface area contributed by atoms with Crippen molar-refractivity contribution in [2.45, 2.75) is 32.5 Å². The lowest BCUT2D eigenvalue weighted by Crippen LogP contribution is -2.36. The molecule has 9 heteroatoms. The van der Waals surface area contributed by atoms with Gasteiger partial charge in [0.1, 0.15) is 6.61 Å². The molecule has 0 saturated carbocycles. The van der Waals surface area contributed by atoms with Crippen molar-refractivity contribution in [1.29, 1.82) is 0 Å². The summed E-state index contributed by atoms with van der Waals surface area (Å²) < 4.78 is 16.0. The van der Waals surface area contributed by atoms with Crippen molar-refractivity contribution in [3.05, 3.63) is 76.0 Å². The Bertz CT molecular complexity index is 1410. The molecule has 2 aromatic carbocycles. The molecule has 2 aliphatic rings. The normalized spacial score (nSPS) is 16.9. The number of pyridine rings is 1. The van der Waals surface area contributed by atoms with Gasteiger partial charge in [-0.05, 0) is 49.6 Å². The number of aromatic nitrogens is 1. The molecule has 2 amide bonds. The minimum Gasteiger partial charge on any atom is -0.465 e. The number of rotatable bonds is 6. The second kappa shape index (κ2) is 9.50. The van der Waals surface area contributed by atoms with E-state index < -0.39 is 23.8 Å². The van der Waals surface area contributed by atoms with Gasteiger partial charge in [0.15, 0.2) is 0 Å². The van der Waals surface area contributed by atoms with Crippen molar-refractivity contribution < 1.29 is 33.4 Å². The minimum atomic E-state index is -0.709. The van der Waals surface area contributed by atoms with Crippen LogP contribution in [-0.2, 0) is 20.8 Å². The average Bonchev–Trinajstić information content (AvgIpc) is 3.49. The summed E-state index contributed by atoms with van der Waals surface area (Å²) in [4.78, 5) is 56.7. The molecule has 36 heavy (non-hydrogen) atoms. The molecule has 5 rings (SSSR count). The van der Waals surface area contributed by atoms with Crippen molar-refractivity contribution >= 4 is 34.7 Å². The zero-order chi connectivity index (χ0) is 25.4. The van der Waals surface area contributed by atoms with Gasteiger partial charge in [0.05, 0.1) is 53.2 Å². The molecule has 0 unspecified atom stereocenters. The molecule has 1 aromatic heterocycles. The number of benzene rings is 2. The molecule has 2 aliphatic heterocycles. The highest BCUT2D eigenvalue weighted by Gasteiger charge is 2.38. The Labute approximate surface area is 207 Å². The Morgan fingerprint density at radius 2 is 1.86 bits per heavy atom. The molecule has 3 heterocycles. The second-order valence-corrected chi connectivity index (χ2v) is 8.76. The number of hydrogen-bond donors (Lipinski definition) is 0. The van der Waals surface area contributed by atoms with Crippen LogP contribution in [0.1, 0.15) is 65.5 Å². The van der Waals surface area contributed by atoms with Gasteiger partial charge in [-0.15, -0.1) is 0 Å². The van der Waals surface area contributed by atoms with Crippen LogP contribution in [0.5, 0.6) is 0 Å². The van der Waals surface area contributed by atoms with Gasteiger partial charge in [-0.25, -0.2) is 14.6 Å². The third kappa shape index (κ3) is 4.11. The average molecular weight is 488 g/mol. The van der Waals surface area contributed by atoms with Gasteiger partial charge >= 0.3 is 11.9 Å². The van der Waals surface area contributed by atoms with Gasteiger partial charge in [0.2, 0.25) is 0 Å². The van der Waals surface area contributed by atoms with Crippen LogP contribution in [0.3, 0.4) is 0 Å². The number of hydrogen-bond acceptors (Lipinski definition) is 8. The van der Waals surface area contributed by atoms with Crippen LogP contribution in [0, 0.1) is 6.92 Å². The Balaban J connectivity index is 1.37. The van der Waals surface area contributed by atoms with Gasteiger partial charge in [-0.1, -0.05) is 18.2 Å². The summed E-state index contributed by atoms with van der Waals surface area (Å²) in [5.74, 6) is -2.15. The van der Waals surface area contributed by atoms with Gasteiger partial charge < -0.3 is 14.2 Å². The predicted molar refractivity (Wildman–Crippen MR) is 128 cm³/mol. The van der Waals surface area contributed by atoms with E-state index in [2.05, 4.69) is 4.98 Å². The number of carbonyl (C=O) groups excluding carboxylic acids is 4. The molecule has 0 spiro atoms. The molecular formula is C27H24N2O7. The summed E-state index contributed by atoms with van der Waals surface area (Å²) in [6, 6.07) is 11.6. The largest absolute Gasteiger partial charge is 0.465 e. The molecular weight excluding hydrogens is 464 g/mol. The van der Waals surface area contributed by atoms with Crippen molar-refractivity contribution in [3.63, 3.8) is 0 Å². The lowest BCUT2D eigenvalue weighted by Gasteiger charge is -2.17. The first-order valence-electron chi connectivity index (χ1n) is 11.6. The van der Waals surface area contributed by atoms with Crippen LogP contribution in [0.15, 0.2) is 42.5 Å². The second-order valence-electron chi connectivity index (χ2n) is 8.76. The highest BCUT2D eigenvalue weighted by molar-refractivity contribution is 6.22. The first-order chi connectivity index (χ1) is 17.4. The van der Waals surface area contributed by atoms with E-state index in [0.717, 1.165) is 18.2 Å². The van der Waals surface area contributed by atoms with Crippen LogP contribution in [-0.4, -0.2) is 60.0 Å². The predicted octanol–water partition coefficient (Wildman–Crippen LogP) is 3.46. The SMILES string of the molecule is COC(=O)c1c(COC(=O)c2ccc3c(c2)C(=O)N(C[C@@H]2CCCO2)C3=O)nc2ccccc2c1C. The summed E-state index contributed by atoms with van der Waals surface area (Å²) in [7, 11) is 1.28. The maximum absolute atomic E-state index is 12.9. The monoisotopic (exact) mass is 488 g/mol. The van der Waals surface area contributed by atoms with E-state index in [1.165, 1.54) is 30.2 Å². The molecule has 9 nitrogen and oxygen atoms in total. The third-order valence-electron chi connectivity index (χ3n) is 6.57. The van der Waals surface area contributed by atoms with E-state index in [0.29, 0.717) is 17.7 Å². The number of imide groups is 1. The minimum absolute atomic E-state index is 0.117. The summed E-state index contributed by atoms with van der Waals surface area (Å²) in [6.45, 7) is 2.32. The third-order valence-corrected chi connectivity index (χ3v) is 6.57. The van der Waals surface area contributed by atoms with Crippen molar-refractivity contribution in [1.82, 2.24) is 9.88 Å². The van der Waals surface area contributed by atoms with Gasteiger partial charge in [-0.2, -0.15) is 0 Å². The van der Waals surface area contributed by atoms with Crippen molar-refractivity contribution in [2.24, 2.45) is 0 Å². The fourth-order valence-corrected chi connectivity index (χ4v) is 4.71. The number of nitrogens with zero attached hydrogens (tertiary/aromatic N) is 2. The topological polar surface area (TPSA) is 112 Å². The Kier molecular flexibility index (Phi) is 6.24. The maximum atomic E-state index is 12.9. The molecule has 0 aliphatic carbocycles. The van der Waals surface area contributed by atoms with Crippen molar-refractivity contribution in [2.75, 3.05) is 20.3 Å². The number of aryl methyl sites for hydroxylation is 1. The molecule has 0 radical (unpaired) electrons. The first-order valence-corrected chi connectivity index (χ1v) is 11.6. The van der Waals surface area contributed by atoms with Crippen LogP contribution < -0.4 is 0 Å². The fraction of sp³-hybridized carbons (Fsp3) is 0.296. The number of methoxy groups -OCH3 is 1. The smallest absolute Gasteiger partial charge is 0.340 e. The Morgan fingerprint density at radius 1 is 1.08 bits per heavy atom. The van der Waals surface area contributed by atoms with E-state index in [-0.39, 0.29) is 47.2 Å². The van der Waals surface area contributed by atoms with Gasteiger partial charge in [0, 0.05) is 12.0 Å². The van der Waals surface area contributed by atoms with Crippen LogP contribution in [0.4, 0.5) is 0 Å². The van der Waals surface area contributed by atoms with E-state index in [1.807, 2.05) is 18.2 Å².